The van der Waals surface area contributed by atoms with Gasteiger partial charge in [0.15, 0.2) is 0 Å². The highest BCUT2D eigenvalue weighted by atomic mass is 32.2. The van der Waals surface area contributed by atoms with Crippen LogP contribution in [-0.4, -0.2) is 25.6 Å². The van der Waals surface area contributed by atoms with E-state index < -0.39 is 16.0 Å². The van der Waals surface area contributed by atoms with Crippen molar-refractivity contribution < 1.29 is 23.2 Å². The molecule has 1 aliphatic rings. The highest BCUT2D eigenvalue weighted by molar-refractivity contribution is 7.89. The largest absolute Gasteiger partial charge is 0.478 e. The number of sulfonamides is 1. The smallest absolute Gasteiger partial charge is 0.335 e. The summed E-state index contributed by atoms with van der Waals surface area (Å²) in [5, 5.41) is 8.83. The fourth-order valence-electron chi connectivity index (χ4n) is 1.98. The van der Waals surface area contributed by atoms with Gasteiger partial charge in [0.1, 0.15) is 0 Å². The van der Waals surface area contributed by atoms with E-state index in [4.69, 9.17) is 9.94 Å². The Labute approximate surface area is 111 Å². The molecule has 2 rings (SSSR count). The van der Waals surface area contributed by atoms with E-state index in [1.165, 1.54) is 18.2 Å². The molecule has 104 valence electrons. The molecule has 0 radical (unpaired) electrons. The average Bonchev–Trinajstić information content (AvgIpc) is 2.90. The summed E-state index contributed by atoms with van der Waals surface area (Å²) in [5.41, 5.74) is -0.0799. The summed E-state index contributed by atoms with van der Waals surface area (Å²) in [6.07, 6.45) is 3.62. The monoisotopic (exact) mass is 285 g/mol. The average molecular weight is 285 g/mol. The first kappa shape index (κ1) is 14.0. The van der Waals surface area contributed by atoms with Gasteiger partial charge < -0.3 is 5.11 Å². The Hall–Kier alpha value is -1.44. The van der Waals surface area contributed by atoms with Crippen molar-refractivity contribution >= 4 is 16.0 Å². The summed E-state index contributed by atoms with van der Waals surface area (Å²) >= 11 is 0. The van der Waals surface area contributed by atoms with Gasteiger partial charge in [0.25, 0.3) is 10.0 Å². The van der Waals surface area contributed by atoms with Gasteiger partial charge in [-0.15, -0.1) is 0 Å². The van der Waals surface area contributed by atoms with Crippen LogP contribution < -0.4 is 4.89 Å². The molecule has 7 heteroatoms. The molecule has 19 heavy (non-hydrogen) atoms. The molecule has 0 atom stereocenters. The van der Waals surface area contributed by atoms with Gasteiger partial charge in [-0.05, 0) is 31.0 Å². The topological polar surface area (TPSA) is 92.7 Å². The van der Waals surface area contributed by atoms with Crippen molar-refractivity contribution in [1.29, 1.82) is 0 Å². The molecule has 0 aromatic heterocycles. The number of carboxylic acids is 1. The van der Waals surface area contributed by atoms with Crippen molar-refractivity contribution in [3.8, 4) is 0 Å². The summed E-state index contributed by atoms with van der Waals surface area (Å²) in [7, 11) is -3.84. The Morgan fingerprint density at radius 2 is 2.00 bits per heavy atom. The molecule has 0 bridgehead atoms. The van der Waals surface area contributed by atoms with Crippen molar-refractivity contribution in [2.24, 2.45) is 0 Å². The van der Waals surface area contributed by atoms with E-state index >= 15 is 0 Å². The first-order valence-electron chi connectivity index (χ1n) is 6.00. The Morgan fingerprint density at radius 3 is 2.63 bits per heavy atom. The van der Waals surface area contributed by atoms with Crippen LogP contribution in [0, 0.1) is 0 Å². The number of hydrogen-bond donors (Lipinski definition) is 2. The Balaban J connectivity index is 2.09. The van der Waals surface area contributed by atoms with E-state index in [0.29, 0.717) is 0 Å². The molecule has 1 saturated carbocycles. The van der Waals surface area contributed by atoms with Gasteiger partial charge in [0.05, 0.1) is 16.6 Å². The van der Waals surface area contributed by atoms with Crippen molar-refractivity contribution in [3.63, 3.8) is 0 Å². The molecule has 0 spiro atoms. The second-order valence-electron chi connectivity index (χ2n) is 4.44. The maximum atomic E-state index is 11.9. The molecule has 2 N–H and O–H groups in total. The third-order valence-corrected chi connectivity index (χ3v) is 4.21. The molecule has 0 amide bonds. The Kier molecular flexibility index (Phi) is 4.18. The minimum Gasteiger partial charge on any atom is -0.478 e. The van der Waals surface area contributed by atoms with Crippen molar-refractivity contribution in [3.05, 3.63) is 29.8 Å². The van der Waals surface area contributed by atoms with Gasteiger partial charge in [-0.1, -0.05) is 23.8 Å². The number of nitrogens with one attached hydrogen (secondary N) is 1. The van der Waals surface area contributed by atoms with Gasteiger partial charge in [0, 0.05) is 0 Å². The lowest BCUT2D eigenvalue weighted by atomic mass is 10.2. The van der Waals surface area contributed by atoms with Crippen molar-refractivity contribution in [2.75, 3.05) is 0 Å². The summed E-state index contributed by atoms with van der Waals surface area (Å²) in [5.74, 6) is -1.17. The maximum Gasteiger partial charge on any atom is 0.335 e. The van der Waals surface area contributed by atoms with E-state index in [0.717, 1.165) is 31.7 Å². The molecule has 6 nitrogen and oxygen atoms in total. The van der Waals surface area contributed by atoms with Gasteiger partial charge in [0.2, 0.25) is 0 Å². The van der Waals surface area contributed by atoms with Gasteiger partial charge in [-0.3, -0.25) is 4.84 Å². The van der Waals surface area contributed by atoms with Crippen LogP contribution in [0.4, 0.5) is 0 Å². The lowest BCUT2D eigenvalue weighted by Crippen LogP contribution is -2.28. The molecule has 0 unspecified atom stereocenters. The summed E-state index contributed by atoms with van der Waals surface area (Å²) in [6.45, 7) is 0. The zero-order chi connectivity index (χ0) is 13.9. The molecule has 1 fully saturated rings. The lowest BCUT2D eigenvalue weighted by Gasteiger charge is -2.12. The second kappa shape index (κ2) is 5.68. The molecule has 1 aromatic rings. The van der Waals surface area contributed by atoms with Crippen LogP contribution in [0.15, 0.2) is 29.2 Å². The number of carboxylic acid groups (broad SMARTS) is 1. The molecule has 0 aliphatic heterocycles. The first-order valence-corrected chi connectivity index (χ1v) is 7.48. The number of aromatic carboxylic acids is 1. The van der Waals surface area contributed by atoms with Crippen LogP contribution in [-0.2, 0) is 14.9 Å². The number of rotatable bonds is 5. The zero-order valence-electron chi connectivity index (χ0n) is 10.2. The maximum absolute atomic E-state index is 11.9. The molecule has 1 aliphatic carbocycles. The van der Waals surface area contributed by atoms with Gasteiger partial charge >= 0.3 is 5.97 Å². The van der Waals surface area contributed by atoms with Crippen LogP contribution in [0.3, 0.4) is 0 Å². The Bertz CT molecular complexity index is 563. The number of hydrogen-bond acceptors (Lipinski definition) is 4. The van der Waals surface area contributed by atoms with E-state index in [1.54, 1.807) is 0 Å². The van der Waals surface area contributed by atoms with E-state index in [-0.39, 0.29) is 16.6 Å². The third kappa shape index (κ3) is 3.52. The predicted octanol–water partition coefficient (Wildman–Crippen LogP) is 1.54. The highest BCUT2D eigenvalue weighted by Crippen LogP contribution is 2.21. The van der Waals surface area contributed by atoms with Crippen molar-refractivity contribution in [2.45, 2.75) is 36.7 Å². The second-order valence-corrected chi connectivity index (χ2v) is 6.09. The number of carbonyl (C=O) groups is 1. The zero-order valence-corrected chi connectivity index (χ0v) is 11.0. The summed E-state index contributed by atoms with van der Waals surface area (Å²) in [6, 6.07) is 5.14. The fourth-order valence-corrected chi connectivity index (χ4v) is 2.88. The normalized spacial score (nSPS) is 16.6. The summed E-state index contributed by atoms with van der Waals surface area (Å²) < 4.78 is 23.9. The summed E-state index contributed by atoms with van der Waals surface area (Å²) in [4.78, 5) is 17.9. The van der Waals surface area contributed by atoms with Gasteiger partial charge in [-0.25, -0.2) is 13.2 Å². The van der Waals surface area contributed by atoms with Crippen molar-refractivity contribution in [1.82, 2.24) is 4.89 Å². The van der Waals surface area contributed by atoms with E-state index in [2.05, 4.69) is 4.89 Å². The van der Waals surface area contributed by atoms with Crippen LogP contribution in [0.25, 0.3) is 0 Å². The van der Waals surface area contributed by atoms with Crippen LogP contribution in [0.1, 0.15) is 36.0 Å². The predicted molar refractivity (Wildman–Crippen MR) is 67.1 cm³/mol. The molecule has 0 saturated heterocycles. The van der Waals surface area contributed by atoms with Crippen LogP contribution in [0.2, 0.25) is 0 Å². The minimum absolute atomic E-state index is 0.0799. The van der Waals surface area contributed by atoms with Crippen LogP contribution >= 0.6 is 0 Å². The van der Waals surface area contributed by atoms with Crippen LogP contribution in [0.5, 0.6) is 0 Å². The molecular weight excluding hydrogens is 270 g/mol. The molecule has 1 aromatic carbocycles. The first-order chi connectivity index (χ1) is 8.99. The quantitative estimate of drug-likeness (QED) is 0.800. The molecule has 0 heterocycles. The fraction of sp³-hybridized carbons (Fsp3) is 0.417. The highest BCUT2D eigenvalue weighted by Gasteiger charge is 2.21. The van der Waals surface area contributed by atoms with E-state index in [9.17, 15) is 13.2 Å². The molecular formula is C12H15NO5S. The standard InChI is InChI=1S/C12H15NO5S/c14-12(15)9-4-3-7-11(8-9)19(16,17)13-18-10-5-1-2-6-10/h3-4,7-8,10,13H,1-2,5-6H2,(H,14,15). The minimum atomic E-state index is -3.84. The third-order valence-electron chi connectivity index (χ3n) is 3.02. The number of benzene rings is 1. The lowest BCUT2D eigenvalue weighted by molar-refractivity contribution is 0.0223. The van der Waals surface area contributed by atoms with Gasteiger partial charge in [-0.2, -0.15) is 0 Å². The van der Waals surface area contributed by atoms with E-state index in [1.807, 2.05) is 0 Å². The Morgan fingerprint density at radius 1 is 1.32 bits per heavy atom. The SMILES string of the molecule is O=C(O)c1cccc(S(=O)(=O)NOC2CCCC2)c1.